The van der Waals surface area contributed by atoms with E-state index in [4.69, 9.17) is 14.6 Å². The highest BCUT2D eigenvalue weighted by atomic mass is 32.2. The van der Waals surface area contributed by atoms with E-state index in [0.29, 0.717) is 17.1 Å². The minimum Gasteiger partial charge on any atom is -0.481 e. The van der Waals surface area contributed by atoms with Crippen LogP contribution >= 0.6 is 11.8 Å². The molecule has 0 radical (unpaired) electrons. The first-order valence-corrected chi connectivity index (χ1v) is 15.9. The third-order valence-electron chi connectivity index (χ3n) is 7.71. The number of nitrogens with one attached hydrogen (secondary N) is 1. The zero-order chi connectivity index (χ0) is 32.5. The number of carbonyl (C=O) groups excluding carboxylic acids is 1. The molecule has 1 heterocycles. The predicted octanol–water partition coefficient (Wildman–Crippen LogP) is 6.36. The summed E-state index contributed by atoms with van der Waals surface area (Å²) in [6, 6.07) is 30.1. The van der Waals surface area contributed by atoms with Crippen molar-refractivity contribution >= 4 is 29.6 Å². The number of benzene rings is 4. The van der Waals surface area contributed by atoms with Crippen molar-refractivity contribution in [3.8, 4) is 11.1 Å². The smallest absolute Gasteiger partial charge is 0.336 e. The van der Waals surface area contributed by atoms with Crippen LogP contribution < -0.4 is 5.32 Å². The van der Waals surface area contributed by atoms with Crippen LogP contribution in [0.2, 0.25) is 0 Å². The SMILES string of the molecule is O=C(O)CCC(=O)NCc1ccccc1-c1ccc([C@@H]2O[C@H](CSc3ccccc3C(=O)O)C[C@H](c3ccc(CO)cc3)O2)cc1. The molecule has 1 aliphatic rings. The van der Waals surface area contributed by atoms with Gasteiger partial charge in [-0.05, 0) is 39.9 Å². The Hall–Kier alpha value is -4.48. The minimum absolute atomic E-state index is 0.0492. The molecular weight excluding hydrogens is 606 g/mol. The number of amides is 1. The molecule has 0 aromatic heterocycles. The van der Waals surface area contributed by atoms with Gasteiger partial charge in [-0.1, -0.05) is 84.9 Å². The number of aliphatic hydroxyl groups excluding tert-OH is 1. The molecule has 0 spiro atoms. The number of carboxylic acid groups (broad SMARTS) is 2. The molecule has 5 rings (SSSR count). The van der Waals surface area contributed by atoms with Crippen LogP contribution in [-0.2, 0) is 32.2 Å². The Labute approximate surface area is 271 Å². The molecule has 4 aromatic carbocycles. The Morgan fingerprint density at radius 1 is 0.804 bits per heavy atom. The Balaban J connectivity index is 1.33. The van der Waals surface area contributed by atoms with Crippen molar-refractivity contribution in [2.75, 3.05) is 5.75 Å². The fourth-order valence-corrected chi connectivity index (χ4v) is 6.32. The summed E-state index contributed by atoms with van der Waals surface area (Å²) in [7, 11) is 0. The van der Waals surface area contributed by atoms with Crippen molar-refractivity contribution < 1.29 is 39.2 Å². The molecule has 9 nitrogen and oxygen atoms in total. The van der Waals surface area contributed by atoms with Gasteiger partial charge in [-0.25, -0.2) is 4.79 Å². The van der Waals surface area contributed by atoms with E-state index < -0.39 is 18.2 Å². The molecular formula is C36H35NO8S. The summed E-state index contributed by atoms with van der Waals surface area (Å²) in [5.41, 5.74) is 5.61. The van der Waals surface area contributed by atoms with Crippen molar-refractivity contribution in [1.82, 2.24) is 5.32 Å². The van der Waals surface area contributed by atoms with Gasteiger partial charge in [0.1, 0.15) is 0 Å². The summed E-state index contributed by atoms with van der Waals surface area (Å²) >= 11 is 1.44. The number of hydrogen-bond acceptors (Lipinski definition) is 7. The van der Waals surface area contributed by atoms with E-state index in [9.17, 15) is 24.6 Å². The molecule has 4 aromatic rings. The summed E-state index contributed by atoms with van der Waals surface area (Å²) in [4.78, 5) is 35.3. The molecule has 3 atom stereocenters. The van der Waals surface area contributed by atoms with E-state index >= 15 is 0 Å². The van der Waals surface area contributed by atoms with Crippen LogP contribution in [0.3, 0.4) is 0 Å². The summed E-state index contributed by atoms with van der Waals surface area (Å²) in [5.74, 6) is -1.78. The maximum absolute atomic E-state index is 12.1. The number of carboxylic acids is 2. The first-order chi connectivity index (χ1) is 22.3. The Morgan fingerprint density at radius 2 is 1.50 bits per heavy atom. The lowest BCUT2D eigenvalue weighted by molar-refractivity contribution is -0.245. The Kier molecular flexibility index (Phi) is 11.2. The second-order valence-corrected chi connectivity index (χ2v) is 12.0. The molecule has 0 aliphatic carbocycles. The monoisotopic (exact) mass is 641 g/mol. The molecule has 1 fully saturated rings. The first kappa shape index (κ1) is 32.9. The normalized spacial score (nSPS) is 17.7. The highest BCUT2D eigenvalue weighted by Crippen LogP contribution is 2.40. The second kappa shape index (κ2) is 15.7. The van der Waals surface area contributed by atoms with Gasteiger partial charge >= 0.3 is 11.9 Å². The van der Waals surface area contributed by atoms with Crippen LogP contribution in [0.15, 0.2) is 102 Å². The molecule has 46 heavy (non-hydrogen) atoms. The van der Waals surface area contributed by atoms with Gasteiger partial charge in [-0.3, -0.25) is 9.59 Å². The number of thioether (sulfide) groups is 1. The number of aromatic carboxylic acids is 1. The largest absolute Gasteiger partial charge is 0.481 e. The lowest BCUT2D eigenvalue weighted by Gasteiger charge is -2.36. The van der Waals surface area contributed by atoms with Gasteiger partial charge in [-0.2, -0.15) is 0 Å². The van der Waals surface area contributed by atoms with Crippen LogP contribution in [-0.4, -0.2) is 45.0 Å². The van der Waals surface area contributed by atoms with Crippen molar-refractivity contribution in [3.05, 3.63) is 125 Å². The van der Waals surface area contributed by atoms with Gasteiger partial charge in [-0.15, -0.1) is 11.8 Å². The standard InChI is InChI=1S/C36H35NO8S/c38-21-23-9-11-25(12-10-23)31-19-28(22-46-32-8-4-3-7-30(32)35(42)43)44-36(45-31)26-15-13-24(14-16-26)29-6-2-1-5-27(29)20-37-33(39)17-18-34(40)41/h1-16,28,31,36,38H,17-22H2,(H,37,39)(H,40,41)(H,42,43)/t28-,31+,36+/m0/s1. The molecule has 0 bridgehead atoms. The van der Waals surface area contributed by atoms with E-state index in [1.54, 1.807) is 18.2 Å². The second-order valence-electron chi connectivity index (χ2n) is 10.9. The third-order valence-corrected chi connectivity index (χ3v) is 8.92. The average molecular weight is 642 g/mol. The highest BCUT2D eigenvalue weighted by molar-refractivity contribution is 7.99. The first-order valence-electron chi connectivity index (χ1n) is 14.9. The molecule has 1 amide bonds. The number of aliphatic carboxylic acids is 1. The molecule has 4 N–H and O–H groups in total. The minimum atomic E-state index is -1.01. The number of carbonyl (C=O) groups is 3. The fraction of sp³-hybridized carbons (Fsp3) is 0.250. The predicted molar refractivity (Wildman–Crippen MR) is 173 cm³/mol. The Bertz CT molecular complexity index is 1660. The average Bonchev–Trinajstić information content (AvgIpc) is 3.09. The van der Waals surface area contributed by atoms with E-state index in [0.717, 1.165) is 33.4 Å². The van der Waals surface area contributed by atoms with Gasteiger partial charge < -0.3 is 30.1 Å². The van der Waals surface area contributed by atoms with Gasteiger partial charge in [0.2, 0.25) is 5.91 Å². The molecule has 1 aliphatic heterocycles. The highest BCUT2D eigenvalue weighted by Gasteiger charge is 2.32. The van der Waals surface area contributed by atoms with Crippen LogP contribution in [0.5, 0.6) is 0 Å². The lowest BCUT2D eigenvalue weighted by atomic mass is 9.97. The van der Waals surface area contributed by atoms with Crippen LogP contribution in [0.25, 0.3) is 11.1 Å². The molecule has 0 unspecified atom stereocenters. The zero-order valence-electron chi connectivity index (χ0n) is 25.0. The maximum Gasteiger partial charge on any atom is 0.336 e. The molecule has 1 saturated heterocycles. The molecule has 238 valence electrons. The van der Waals surface area contributed by atoms with Crippen molar-refractivity contribution in [2.24, 2.45) is 0 Å². The van der Waals surface area contributed by atoms with Crippen molar-refractivity contribution in [2.45, 2.75) is 55.8 Å². The van der Waals surface area contributed by atoms with Crippen molar-refractivity contribution in [3.63, 3.8) is 0 Å². The van der Waals surface area contributed by atoms with Crippen LogP contribution in [0, 0.1) is 0 Å². The summed E-state index contributed by atoms with van der Waals surface area (Å²) < 4.78 is 12.9. The van der Waals surface area contributed by atoms with E-state index in [-0.39, 0.29) is 49.7 Å². The summed E-state index contributed by atoms with van der Waals surface area (Å²) in [6.07, 6.45) is -0.916. The fourth-order valence-electron chi connectivity index (χ4n) is 5.25. The maximum atomic E-state index is 12.1. The van der Waals surface area contributed by atoms with E-state index in [1.807, 2.05) is 78.9 Å². The number of aliphatic hydroxyl groups is 1. The number of ether oxygens (including phenoxy) is 2. The topological polar surface area (TPSA) is 142 Å². The van der Waals surface area contributed by atoms with Gasteiger partial charge in [0, 0.05) is 35.6 Å². The quantitative estimate of drug-likeness (QED) is 0.123. The lowest BCUT2D eigenvalue weighted by Crippen LogP contribution is -2.31. The van der Waals surface area contributed by atoms with Gasteiger partial charge in [0.25, 0.3) is 0 Å². The van der Waals surface area contributed by atoms with Crippen LogP contribution in [0.4, 0.5) is 0 Å². The zero-order valence-corrected chi connectivity index (χ0v) is 25.8. The molecule has 0 saturated carbocycles. The molecule has 10 heteroatoms. The van der Waals surface area contributed by atoms with Gasteiger partial charge in [0.05, 0.1) is 30.8 Å². The van der Waals surface area contributed by atoms with E-state index in [1.165, 1.54) is 11.8 Å². The third kappa shape index (κ3) is 8.61. The number of hydrogen-bond donors (Lipinski definition) is 4. The van der Waals surface area contributed by atoms with Gasteiger partial charge in [0.15, 0.2) is 6.29 Å². The van der Waals surface area contributed by atoms with Crippen molar-refractivity contribution in [1.29, 1.82) is 0 Å². The number of rotatable bonds is 13. The summed E-state index contributed by atoms with van der Waals surface area (Å²) in [6.45, 7) is 0.221. The Morgan fingerprint density at radius 3 is 2.22 bits per heavy atom. The summed E-state index contributed by atoms with van der Waals surface area (Å²) in [5, 5.41) is 30.8. The van der Waals surface area contributed by atoms with E-state index in [2.05, 4.69) is 5.32 Å². The van der Waals surface area contributed by atoms with Crippen LogP contribution in [0.1, 0.15) is 64.3 Å².